The van der Waals surface area contributed by atoms with Crippen LogP contribution in [0.4, 0.5) is 0 Å². The van der Waals surface area contributed by atoms with Gasteiger partial charge in [0.1, 0.15) is 5.41 Å². The van der Waals surface area contributed by atoms with E-state index >= 15 is 0 Å². The van der Waals surface area contributed by atoms with Gasteiger partial charge in [0.2, 0.25) is 0 Å². The summed E-state index contributed by atoms with van der Waals surface area (Å²) in [5.74, 6) is -1.72. The lowest BCUT2D eigenvalue weighted by molar-refractivity contribution is -0.296. The third-order valence-corrected chi connectivity index (χ3v) is 7.34. The van der Waals surface area contributed by atoms with Crippen LogP contribution in [0.3, 0.4) is 0 Å². The first kappa shape index (κ1) is 23.5. The fraction of sp³-hybridized carbons (Fsp3) is 0.520. The third kappa shape index (κ3) is 3.66. The van der Waals surface area contributed by atoms with Crippen LogP contribution in [0, 0.1) is 5.92 Å². The van der Waals surface area contributed by atoms with Crippen LogP contribution in [-0.4, -0.2) is 74.7 Å². The number of hydrogen-bond acceptors (Lipinski definition) is 7. The number of para-hydroxylation sites is 1. The Bertz CT molecular complexity index is 1030. The molecule has 0 spiro atoms. The predicted molar refractivity (Wildman–Crippen MR) is 123 cm³/mol. The molecule has 1 aromatic heterocycles. The van der Waals surface area contributed by atoms with Crippen LogP contribution in [0.15, 0.2) is 42.5 Å². The van der Waals surface area contributed by atoms with Crippen molar-refractivity contribution in [1.82, 2.24) is 9.88 Å². The van der Waals surface area contributed by atoms with Crippen molar-refractivity contribution >= 4 is 22.8 Å². The second-order valence-corrected chi connectivity index (χ2v) is 8.83. The number of nitrogens with one attached hydrogen (secondary N) is 1. The first-order chi connectivity index (χ1) is 15.8. The van der Waals surface area contributed by atoms with Crippen LogP contribution in [-0.2, 0) is 34.0 Å². The molecule has 3 aliphatic rings. The van der Waals surface area contributed by atoms with Crippen molar-refractivity contribution in [1.29, 1.82) is 0 Å². The third-order valence-electron chi connectivity index (χ3n) is 7.34. The Morgan fingerprint density at radius 2 is 1.91 bits per heavy atom. The maximum Gasteiger partial charge on any atom is 0.334 e. The van der Waals surface area contributed by atoms with Gasteiger partial charge in [-0.05, 0) is 30.9 Å². The number of nitrogens with zero attached hydrogens (tertiary/aromatic N) is 1. The Morgan fingerprint density at radius 3 is 2.52 bits per heavy atom. The number of ether oxygens (including phenoxy) is 4. The summed E-state index contributed by atoms with van der Waals surface area (Å²) in [6.07, 6.45) is 0.923. The summed E-state index contributed by atoms with van der Waals surface area (Å²) in [5.41, 5.74) is 1.11. The van der Waals surface area contributed by atoms with Gasteiger partial charge in [-0.1, -0.05) is 24.8 Å². The molecule has 2 aromatic rings. The molecule has 5 rings (SSSR count). The number of H-pyrrole nitrogens is 1. The van der Waals surface area contributed by atoms with E-state index < -0.39 is 17.2 Å². The van der Waals surface area contributed by atoms with Crippen molar-refractivity contribution in [2.24, 2.45) is 5.92 Å². The molecule has 3 fully saturated rings. The summed E-state index contributed by atoms with van der Waals surface area (Å²) in [6, 6.07) is 9.59. The summed E-state index contributed by atoms with van der Waals surface area (Å²) in [6.45, 7) is 6.85. The lowest BCUT2D eigenvalue weighted by Gasteiger charge is -2.61. The van der Waals surface area contributed by atoms with Gasteiger partial charge in [-0.2, -0.15) is 0 Å². The zero-order valence-corrected chi connectivity index (χ0v) is 19.7. The van der Waals surface area contributed by atoms with Crippen molar-refractivity contribution in [2.75, 3.05) is 41.0 Å². The zero-order chi connectivity index (χ0) is 23.8. The van der Waals surface area contributed by atoms with E-state index in [9.17, 15) is 9.59 Å². The van der Waals surface area contributed by atoms with Crippen LogP contribution in [0.5, 0.6) is 0 Å². The Kier molecular flexibility index (Phi) is 6.35. The molecule has 178 valence electrons. The smallest absolute Gasteiger partial charge is 0.334 e. The average Bonchev–Trinajstić information content (AvgIpc) is 3.28. The SMILES string of the molecule is C=C(CN1C[C@@H]2C[C@](C(=O)OC)(c3cc4ccccc4[nH]3)[C@H]1CC2(OC)OC)C(=O)OCC. The molecule has 1 aliphatic carbocycles. The molecule has 0 radical (unpaired) electrons. The lowest BCUT2D eigenvalue weighted by Crippen LogP contribution is -2.72. The molecule has 2 aliphatic heterocycles. The molecule has 3 atom stereocenters. The average molecular weight is 457 g/mol. The maximum atomic E-state index is 13.5. The zero-order valence-electron chi connectivity index (χ0n) is 19.7. The highest BCUT2D eigenvalue weighted by Gasteiger charge is 2.66. The molecule has 33 heavy (non-hydrogen) atoms. The van der Waals surface area contributed by atoms with E-state index in [1.807, 2.05) is 30.3 Å². The number of methoxy groups -OCH3 is 3. The number of benzene rings is 1. The van der Waals surface area contributed by atoms with Gasteiger partial charge in [-0.25, -0.2) is 4.79 Å². The van der Waals surface area contributed by atoms with Crippen molar-refractivity contribution < 1.29 is 28.5 Å². The molecule has 8 nitrogen and oxygen atoms in total. The van der Waals surface area contributed by atoms with Crippen LogP contribution < -0.4 is 0 Å². The standard InChI is InChI=1S/C25H32N2O6/c1-6-33-22(28)16(2)14-27-15-18-12-24(23(29)30-3,21(27)13-25(18,31-4)32-5)20-11-17-9-7-8-10-19(17)26-20/h7-11,18,21,26H,2,6,12-15H2,1,3-5H3/t18-,21+,24-/m0/s1. The Morgan fingerprint density at radius 1 is 1.18 bits per heavy atom. The summed E-state index contributed by atoms with van der Waals surface area (Å²) in [4.78, 5) is 31.4. The summed E-state index contributed by atoms with van der Waals surface area (Å²) >= 11 is 0. The number of aromatic amines is 1. The molecule has 0 unspecified atom stereocenters. The minimum atomic E-state index is -0.980. The van der Waals surface area contributed by atoms with Gasteiger partial charge in [-0.15, -0.1) is 0 Å². The highest BCUT2D eigenvalue weighted by Crippen LogP contribution is 2.55. The minimum absolute atomic E-state index is 0.141. The van der Waals surface area contributed by atoms with Crippen molar-refractivity contribution in [3.05, 3.63) is 48.2 Å². The predicted octanol–water partition coefficient (Wildman–Crippen LogP) is 2.78. The molecular weight excluding hydrogens is 424 g/mol. The number of carbonyl (C=O) groups is 2. The van der Waals surface area contributed by atoms with E-state index in [0.717, 1.165) is 16.6 Å². The van der Waals surface area contributed by atoms with Gasteiger partial charge in [-0.3, -0.25) is 9.69 Å². The fourth-order valence-corrected chi connectivity index (χ4v) is 5.76. The number of aromatic nitrogens is 1. The van der Waals surface area contributed by atoms with Crippen molar-refractivity contribution in [3.8, 4) is 0 Å². The highest BCUT2D eigenvalue weighted by molar-refractivity contribution is 5.89. The monoisotopic (exact) mass is 456 g/mol. The second kappa shape index (κ2) is 8.93. The topological polar surface area (TPSA) is 90.1 Å². The van der Waals surface area contributed by atoms with Gasteiger partial charge in [0, 0.05) is 62.5 Å². The molecule has 0 amide bonds. The van der Waals surface area contributed by atoms with Gasteiger partial charge >= 0.3 is 11.9 Å². The number of carbonyl (C=O) groups excluding carboxylic acids is 2. The Hall–Kier alpha value is -2.68. The van der Waals surface area contributed by atoms with Crippen molar-refractivity contribution in [3.63, 3.8) is 0 Å². The minimum Gasteiger partial charge on any atom is -0.468 e. The van der Waals surface area contributed by atoms with Gasteiger partial charge < -0.3 is 23.9 Å². The fourth-order valence-electron chi connectivity index (χ4n) is 5.76. The molecule has 1 saturated carbocycles. The molecule has 2 saturated heterocycles. The number of rotatable bonds is 8. The number of hydrogen-bond donors (Lipinski definition) is 1. The molecule has 1 aromatic carbocycles. The quantitative estimate of drug-likeness (QED) is 0.371. The molecule has 3 heterocycles. The summed E-state index contributed by atoms with van der Waals surface area (Å²) in [5, 5.41) is 1.02. The van der Waals surface area contributed by atoms with E-state index in [2.05, 4.69) is 16.5 Å². The summed E-state index contributed by atoms with van der Waals surface area (Å²) < 4.78 is 22.3. The Labute approximate surface area is 193 Å². The number of esters is 2. The summed E-state index contributed by atoms with van der Waals surface area (Å²) in [7, 11) is 4.68. The normalized spacial score (nSPS) is 26.3. The van der Waals surface area contributed by atoms with Gasteiger partial charge in [0.25, 0.3) is 0 Å². The molecule has 2 bridgehead atoms. The molecule has 8 heteroatoms. The van der Waals surface area contributed by atoms with E-state index in [0.29, 0.717) is 25.0 Å². The van der Waals surface area contributed by atoms with Crippen LogP contribution in [0.1, 0.15) is 25.5 Å². The molecule has 1 N–H and O–H groups in total. The highest BCUT2D eigenvalue weighted by atomic mass is 16.7. The van der Waals surface area contributed by atoms with Crippen LogP contribution in [0.25, 0.3) is 10.9 Å². The van der Waals surface area contributed by atoms with Crippen LogP contribution >= 0.6 is 0 Å². The molecular formula is C25H32N2O6. The van der Waals surface area contributed by atoms with Gasteiger partial charge in [0.15, 0.2) is 5.79 Å². The van der Waals surface area contributed by atoms with E-state index in [4.69, 9.17) is 18.9 Å². The first-order valence-corrected chi connectivity index (χ1v) is 11.2. The second-order valence-electron chi connectivity index (χ2n) is 8.83. The maximum absolute atomic E-state index is 13.5. The Balaban J connectivity index is 1.81. The lowest BCUT2D eigenvalue weighted by atomic mass is 9.58. The largest absolute Gasteiger partial charge is 0.468 e. The van der Waals surface area contributed by atoms with E-state index in [1.165, 1.54) is 7.11 Å². The number of fused-ring (bicyclic) bond motifs is 4. The van der Waals surface area contributed by atoms with Crippen LogP contribution in [0.2, 0.25) is 0 Å². The van der Waals surface area contributed by atoms with E-state index in [-0.39, 0.29) is 31.1 Å². The number of piperidine rings is 2. The van der Waals surface area contributed by atoms with E-state index in [1.54, 1.807) is 21.1 Å². The van der Waals surface area contributed by atoms with Gasteiger partial charge in [0.05, 0.1) is 13.7 Å². The first-order valence-electron chi connectivity index (χ1n) is 11.2. The van der Waals surface area contributed by atoms with Crippen molar-refractivity contribution in [2.45, 2.75) is 37.0 Å².